The Hall–Kier alpha value is -1.21. The SMILES string of the molecule is c1ccc([Si]2(c3ccccc3)O[SiH2]O2)cc1. The average molecular weight is 244 g/mol. The predicted molar refractivity (Wildman–Crippen MR) is 68.6 cm³/mol. The third kappa shape index (κ3) is 1.47. The zero-order chi connectivity index (χ0) is 10.8. The van der Waals surface area contributed by atoms with Crippen molar-refractivity contribution in [1.29, 1.82) is 0 Å². The summed E-state index contributed by atoms with van der Waals surface area (Å²) >= 11 is 0. The molecule has 0 spiro atoms. The molecule has 0 amide bonds. The van der Waals surface area contributed by atoms with Crippen LogP contribution in [0, 0.1) is 0 Å². The number of rotatable bonds is 2. The van der Waals surface area contributed by atoms with E-state index in [2.05, 4.69) is 24.3 Å². The highest BCUT2D eigenvalue weighted by atomic mass is 28.5. The average Bonchev–Trinajstić information content (AvgIpc) is 2.31. The summed E-state index contributed by atoms with van der Waals surface area (Å²) in [4.78, 5) is 0. The van der Waals surface area contributed by atoms with Crippen LogP contribution in [0.3, 0.4) is 0 Å². The summed E-state index contributed by atoms with van der Waals surface area (Å²) in [7, 11) is -2.96. The Balaban J connectivity index is 2.08. The van der Waals surface area contributed by atoms with Crippen molar-refractivity contribution in [2.24, 2.45) is 0 Å². The van der Waals surface area contributed by atoms with E-state index in [0.29, 0.717) is 0 Å². The molecule has 0 aliphatic carbocycles. The maximum atomic E-state index is 5.95. The van der Waals surface area contributed by atoms with Crippen molar-refractivity contribution in [3.63, 3.8) is 0 Å². The monoisotopic (exact) mass is 244 g/mol. The van der Waals surface area contributed by atoms with Crippen LogP contribution in [0.15, 0.2) is 60.7 Å². The van der Waals surface area contributed by atoms with Gasteiger partial charge in [0.2, 0.25) is 0 Å². The second-order valence-corrected chi connectivity index (χ2v) is 8.69. The molecule has 2 nitrogen and oxygen atoms in total. The van der Waals surface area contributed by atoms with Crippen molar-refractivity contribution < 1.29 is 8.23 Å². The lowest BCUT2D eigenvalue weighted by Crippen LogP contribution is -2.71. The van der Waals surface area contributed by atoms with Crippen LogP contribution < -0.4 is 10.4 Å². The van der Waals surface area contributed by atoms with Gasteiger partial charge in [0.1, 0.15) is 0 Å². The molecule has 0 radical (unpaired) electrons. The molecule has 0 N–H and O–H groups in total. The Bertz CT molecular complexity index is 427. The minimum absolute atomic E-state index is 0.725. The van der Waals surface area contributed by atoms with Gasteiger partial charge in [-0.25, -0.2) is 0 Å². The van der Waals surface area contributed by atoms with Crippen LogP contribution in [0.4, 0.5) is 0 Å². The Kier molecular flexibility index (Phi) is 2.49. The van der Waals surface area contributed by atoms with E-state index < -0.39 is 18.6 Å². The molecule has 1 heterocycles. The minimum Gasteiger partial charge on any atom is -0.413 e. The second-order valence-electron chi connectivity index (χ2n) is 3.76. The highest BCUT2D eigenvalue weighted by Gasteiger charge is 2.48. The standard InChI is InChI=1S/C12H12O2Si2/c1-3-7-11(8-4-1)16(13-15-14-16)12-9-5-2-6-10-12/h1-10H,15H2. The minimum atomic E-state index is -2.23. The molecule has 0 bridgehead atoms. The Morgan fingerprint density at radius 1 is 0.688 bits per heavy atom. The van der Waals surface area contributed by atoms with Gasteiger partial charge in [0.15, 0.2) is 0 Å². The third-order valence-corrected chi connectivity index (χ3v) is 9.21. The summed E-state index contributed by atoms with van der Waals surface area (Å²) in [5.74, 6) is 0. The van der Waals surface area contributed by atoms with Gasteiger partial charge in [-0.05, 0) is 10.4 Å². The van der Waals surface area contributed by atoms with Crippen LogP contribution >= 0.6 is 0 Å². The Labute approximate surface area is 98.2 Å². The van der Waals surface area contributed by atoms with E-state index in [-0.39, 0.29) is 0 Å². The first-order valence-corrected chi connectivity index (χ1v) is 8.28. The van der Waals surface area contributed by atoms with Crippen LogP contribution in [0.2, 0.25) is 0 Å². The van der Waals surface area contributed by atoms with Crippen LogP contribution in [-0.4, -0.2) is 18.6 Å². The first kappa shape index (κ1) is 9.98. The van der Waals surface area contributed by atoms with Crippen molar-refractivity contribution in [3.8, 4) is 0 Å². The predicted octanol–water partition coefficient (Wildman–Crippen LogP) is 0.289. The molecule has 4 heteroatoms. The third-order valence-electron chi connectivity index (χ3n) is 2.83. The summed E-state index contributed by atoms with van der Waals surface area (Å²) in [6, 6.07) is 20.6. The molecule has 2 aromatic rings. The van der Waals surface area contributed by atoms with Crippen molar-refractivity contribution in [2.45, 2.75) is 0 Å². The van der Waals surface area contributed by atoms with Crippen molar-refractivity contribution in [1.82, 2.24) is 0 Å². The van der Waals surface area contributed by atoms with Gasteiger partial charge >= 0.3 is 8.56 Å². The molecule has 1 fully saturated rings. The summed E-state index contributed by atoms with van der Waals surface area (Å²) < 4.78 is 11.9. The van der Waals surface area contributed by atoms with Gasteiger partial charge in [0.25, 0.3) is 10.0 Å². The molecule has 0 aromatic heterocycles. The maximum Gasteiger partial charge on any atom is 0.388 e. The Morgan fingerprint density at radius 2 is 1.12 bits per heavy atom. The molecular weight excluding hydrogens is 232 g/mol. The van der Waals surface area contributed by atoms with Gasteiger partial charge in [-0.1, -0.05) is 60.7 Å². The lowest BCUT2D eigenvalue weighted by molar-refractivity contribution is 0.306. The lowest BCUT2D eigenvalue weighted by Gasteiger charge is -2.39. The molecule has 80 valence electrons. The quantitative estimate of drug-likeness (QED) is 0.707. The van der Waals surface area contributed by atoms with E-state index in [4.69, 9.17) is 8.23 Å². The van der Waals surface area contributed by atoms with Gasteiger partial charge in [-0.15, -0.1) is 0 Å². The van der Waals surface area contributed by atoms with E-state index in [1.54, 1.807) is 0 Å². The second kappa shape index (κ2) is 3.99. The molecule has 0 saturated carbocycles. The van der Waals surface area contributed by atoms with Crippen LogP contribution in [0.5, 0.6) is 0 Å². The fraction of sp³-hybridized carbons (Fsp3) is 0. The summed E-state index contributed by atoms with van der Waals surface area (Å²) in [6.07, 6.45) is 0. The molecule has 1 aliphatic heterocycles. The fourth-order valence-corrected chi connectivity index (χ4v) is 7.67. The number of hydrogen-bond acceptors (Lipinski definition) is 2. The van der Waals surface area contributed by atoms with Gasteiger partial charge in [-0.3, -0.25) is 0 Å². The largest absolute Gasteiger partial charge is 0.413 e. The molecule has 1 saturated heterocycles. The van der Waals surface area contributed by atoms with Gasteiger partial charge in [-0.2, -0.15) is 0 Å². The Morgan fingerprint density at radius 3 is 1.44 bits per heavy atom. The molecule has 16 heavy (non-hydrogen) atoms. The van der Waals surface area contributed by atoms with E-state index in [0.717, 1.165) is 0 Å². The molecule has 3 rings (SSSR count). The number of benzene rings is 2. The molecule has 0 unspecified atom stereocenters. The van der Waals surface area contributed by atoms with Crippen LogP contribution in [-0.2, 0) is 8.23 Å². The first-order valence-electron chi connectivity index (χ1n) is 5.31. The van der Waals surface area contributed by atoms with E-state index in [9.17, 15) is 0 Å². The van der Waals surface area contributed by atoms with Gasteiger partial charge in [0, 0.05) is 0 Å². The van der Waals surface area contributed by atoms with Crippen molar-refractivity contribution in [3.05, 3.63) is 60.7 Å². The molecular formula is C12H12O2Si2. The molecule has 0 atom stereocenters. The lowest BCUT2D eigenvalue weighted by atomic mass is 10.4. The van der Waals surface area contributed by atoms with E-state index >= 15 is 0 Å². The highest BCUT2D eigenvalue weighted by molar-refractivity contribution is 7.00. The van der Waals surface area contributed by atoms with E-state index in [1.807, 2.05) is 36.4 Å². The number of hydrogen-bond donors (Lipinski definition) is 0. The van der Waals surface area contributed by atoms with E-state index in [1.165, 1.54) is 10.4 Å². The summed E-state index contributed by atoms with van der Waals surface area (Å²) in [5, 5.41) is 2.42. The maximum absolute atomic E-state index is 5.95. The topological polar surface area (TPSA) is 18.5 Å². The smallest absolute Gasteiger partial charge is 0.388 e. The van der Waals surface area contributed by atoms with Crippen molar-refractivity contribution >= 4 is 28.9 Å². The highest BCUT2D eigenvalue weighted by Crippen LogP contribution is 2.15. The molecule has 1 aliphatic rings. The van der Waals surface area contributed by atoms with Crippen molar-refractivity contribution in [2.75, 3.05) is 0 Å². The van der Waals surface area contributed by atoms with Gasteiger partial charge in [0.05, 0.1) is 0 Å². The fourth-order valence-electron chi connectivity index (χ4n) is 1.99. The zero-order valence-corrected chi connectivity index (χ0v) is 11.2. The molecule has 2 aromatic carbocycles. The normalized spacial score (nSPS) is 17.8. The summed E-state index contributed by atoms with van der Waals surface area (Å²) in [5.41, 5.74) is 0. The van der Waals surface area contributed by atoms with Gasteiger partial charge < -0.3 is 8.23 Å². The van der Waals surface area contributed by atoms with Crippen LogP contribution in [0.1, 0.15) is 0 Å². The van der Waals surface area contributed by atoms with Crippen LogP contribution in [0.25, 0.3) is 0 Å². The first-order chi connectivity index (χ1) is 7.92. The zero-order valence-electron chi connectivity index (χ0n) is 8.80. The summed E-state index contributed by atoms with van der Waals surface area (Å²) in [6.45, 7) is 0.